The van der Waals surface area contributed by atoms with Crippen LogP contribution < -0.4 is 5.34 Å². The first-order valence-corrected chi connectivity index (χ1v) is 0.608. The highest BCUT2D eigenvalue weighted by molar-refractivity contribution is 3.77. The molecule has 0 amide bonds. The highest BCUT2D eigenvalue weighted by Crippen LogP contribution is 0.711. The number of rotatable bonds is 0. The van der Waals surface area contributed by atoms with Crippen LogP contribution >= 0.6 is 0 Å². The normalized spacial score (nSPS) is 3.60. The van der Waals surface area contributed by atoms with E-state index in [0.717, 1.165) is 0 Å². The molecule has 0 aromatic rings. The molecule has 3 N–H and O–H groups in total. The van der Waals surface area contributed by atoms with Crippen molar-refractivity contribution in [2.75, 3.05) is 0 Å². The van der Waals surface area contributed by atoms with Crippen molar-refractivity contribution < 1.29 is 15.9 Å². The van der Waals surface area contributed by atoms with Crippen molar-refractivity contribution in [3.8, 4) is 0 Å². The summed E-state index contributed by atoms with van der Waals surface area (Å²) in [7, 11) is 0. The third-order valence-corrected chi connectivity index (χ3v) is 0. The predicted octanol–water partition coefficient (Wildman–Crippen LogP) is -1.65. The number of hydrogen-bond donors (Lipinski definition) is 3. The van der Waals surface area contributed by atoms with E-state index in [1.54, 1.807) is 0 Å². The van der Waals surface area contributed by atoms with Gasteiger partial charge in [0.1, 0.15) is 0 Å². The average Bonchev–Trinajstić information content (AvgIpc) is 1.46. The summed E-state index contributed by atoms with van der Waals surface area (Å²) >= 11 is 0. The summed E-state index contributed by atoms with van der Waals surface area (Å²) in [6, 6.07) is 0. The first-order valence-electron chi connectivity index (χ1n) is 0.608. The number of hydrogen-bond acceptors (Lipinski definition) is 4. The first-order chi connectivity index (χ1) is 2.41. The fourth-order valence-electron chi connectivity index (χ4n) is 0. The Hall–Kier alpha value is -0.680. The van der Waals surface area contributed by atoms with Gasteiger partial charge in [-0.2, -0.15) is 0 Å². The minimum absolute atomic E-state index is 0.250. The third-order valence-electron chi connectivity index (χ3n) is 0. The molecule has 0 aliphatic rings. The van der Waals surface area contributed by atoms with Crippen LogP contribution in [0.5, 0.6) is 0 Å². The Morgan fingerprint density at radius 3 is 1.60 bits per heavy atom. The topological polar surface area (TPSA) is 94.6 Å². The molecule has 0 radical (unpaired) electrons. The Bertz CT molecular complexity index is 11.1. The molecule has 0 aromatic heterocycles. The lowest BCUT2D eigenvalue weighted by atomic mass is 13.4. The molecule has 5 nitrogen and oxygen atoms in total. The van der Waals surface area contributed by atoms with E-state index in [-0.39, 0.29) is 5.34 Å². The maximum absolute atomic E-state index is 8.12. The minimum Gasteiger partial charge on any atom is -0.267 e. The van der Waals surface area contributed by atoms with Crippen LogP contribution in [-0.4, -0.2) is 10.5 Å². The monoisotopic (exact) mass is 81.0 g/mol. The van der Waals surface area contributed by atoms with E-state index in [9.17, 15) is 0 Å². The van der Waals surface area contributed by atoms with E-state index in [4.69, 9.17) is 20.6 Å². The van der Waals surface area contributed by atoms with Gasteiger partial charge in [-0.3, -0.25) is 20.6 Å². The van der Waals surface area contributed by atoms with E-state index >= 15 is 0 Å². The molecule has 0 atom stereocenters. The van der Waals surface area contributed by atoms with Crippen molar-refractivity contribution in [2.24, 2.45) is 0 Å². The highest BCUT2D eigenvalue weighted by Gasteiger charge is 1.10. The van der Waals surface area contributed by atoms with Gasteiger partial charge in [-0.15, -0.1) is 0 Å². The van der Waals surface area contributed by atoms with Crippen LogP contribution in [0, 0.1) is 10.1 Å². The molecule has 0 aliphatic heterocycles. The predicted molar refractivity (Wildman–Crippen MR) is 13.0 cm³/mol. The molecule has 5 heteroatoms. The first kappa shape index (κ1) is 8.85. The second-order valence-electron chi connectivity index (χ2n) is 0.0833. The van der Waals surface area contributed by atoms with Crippen molar-refractivity contribution in [2.45, 2.75) is 0 Å². The summed E-state index contributed by atoms with van der Waals surface area (Å²) < 4.78 is 0. The van der Waals surface area contributed by atoms with Gasteiger partial charge < -0.3 is 0 Å². The van der Waals surface area contributed by atoms with Gasteiger partial charge in [0, 0.05) is 5.34 Å². The van der Waals surface area contributed by atoms with Gasteiger partial charge in [-0.05, 0) is 0 Å². The maximum atomic E-state index is 8.12. The molecule has 0 spiro atoms. The summed E-state index contributed by atoms with van der Waals surface area (Å²) in [6.45, 7) is 0. The van der Waals surface area contributed by atoms with Crippen LogP contribution in [-0.2, 0) is 0 Å². The smallest absolute Gasteiger partial charge is 0.00366 e. The van der Waals surface area contributed by atoms with Gasteiger partial charge in [-0.1, -0.05) is 0 Å². The molecule has 0 saturated heterocycles. The Balaban J connectivity index is 0. The fourth-order valence-corrected chi connectivity index (χ4v) is 0. The van der Waals surface area contributed by atoms with Gasteiger partial charge in [0.15, 0.2) is 0 Å². The second-order valence-corrected chi connectivity index (χ2v) is 0.0833. The average molecular weight is 81.0 g/mol. The molecule has 0 aliphatic carbocycles. The minimum atomic E-state index is 0.250. The largest absolute Gasteiger partial charge is 0.267 e. The Morgan fingerprint density at radius 1 is 1.60 bits per heavy atom. The SMILES string of the molecule is O=[NH+][O-].OO. The van der Waals surface area contributed by atoms with Crippen LogP contribution in [0.15, 0.2) is 0 Å². The van der Waals surface area contributed by atoms with Crippen molar-refractivity contribution >= 4 is 0 Å². The van der Waals surface area contributed by atoms with E-state index in [1.165, 1.54) is 0 Å². The molecule has 0 saturated carbocycles. The third kappa shape index (κ3) is 12.5. The van der Waals surface area contributed by atoms with Crippen LogP contribution in [0.1, 0.15) is 0 Å². The summed E-state index contributed by atoms with van der Waals surface area (Å²) in [5.41, 5.74) is 0. The summed E-state index contributed by atoms with van der Waals surface area (Å²) in [5, 5.41) is 20.4. The van der Waals surface area contributed by atoms with Crippen LogP contribution in [0.3, 0.4) is 0 Å². The second kappa shape index (κ2) is 175. The number of nitrogens with one attached hydrogen (secondary N) is 1. The van der Waals surface area contributed by atoms with Crippen molar-refractivity contribution in [3.05, 3.63) is 10.1 Å². The van der Waals surface area contributed by atoms with Gasteiger partial charge in [0.05, 0.1) is 0 Å². The van der Waals surface area contributed by atoms with Crippen molar-refractivity contribution in [3.63, 3.8) is 0 Å². The lowest BCUT2D eigenvalue weighted by Crippen LogP contribution is -2.53. The summed E-state index contributed by atoms with van der Waals surface area (Å²) in [5.74, 6) is 0. The lowest BCUT2D eigenvalue weighted by molar-refractivity contribution is -0.398. The highest BCUT2D eigenvalue weighted by atomic mass is 17.0. The molecule has 0 unspecified atom stereocenters. The molecular weight excluding hydrogens is 78.0 g/mol. The summed E-state index contributed by atoms with van der Waals surface area (Å²) in [4.78, 5) is 8.12. The van der Waals surface area contributed by atoms with Gasteiger partial charge in [0.2, 0.25) is 0 Å². The van der Waals surface area contributed by atoms with Crippen LogP contribution in [0.2, 0.25) is 0 Å². The standard InChI is InChI=1S/HNO2.H2O2/c2-1-3;1-2/h1H;1-2H. The Morgan fingerprint density at radius 2 is 1.60 bits per heavy atom. The molecule has 0 aromatic carbocycles. The van der Waals surface area contributed by atoms with Crippen molar-refractivity contribution in [1.29, 1.82) is 0 Å². The molecule has 0 bridgehead atoms. The van der Waals surface area contributed by atoms with Crippen LogP contribution in [0.25, 0.3) is 0 Å². The van der Waals surface area contributed by atoms with Gasteiger partial charge >= 0.3 is 0 Å². The molecule has 0 heterocycles. The molecular formula is H3NO4. The fraction of sp³-hybridized carbons (Fsp3) is 0. The zero-order chi connectivity index (χ0) is 4.71. The Kier molecular flexibility index (Phi) is 309. The van der Waals surface area contributed by atoms with Gasteiger partial charge in [0.25, 0.3) is 0 Å². The maximum Gasteiger partial charge on any atom is 0.00366 e. The molecule has 0 rings (SSSR count). The van der Waals surface area contributed by atoms with Crippen LogP contribution in [0.4, 0.5) is 0 Å². The quantitative estimate of drug-likeness (QED) is 0.185. The summed E-state index contributed by atoms with van der Waals surface area (Å²) in [6.07, 6.45) is 0. The van der Waals surface area contributed by atoms with E-state index in [2.05, 4.69) is 0 Å². The van der Waals surface area contributed by atoms with E-state index in [0.29, 0.717) is 0 Å². The molecule has 0 fully saturated rings. The van der Waals surface area contributed by atoms with Gasteiger partial charge in [-0.25, -0.2) is 0 Å². The Labute approximate surface area is 27.3 Å². The van der Waals surface area contributed by atoms with E-state index in [1.807, 2.05) is 0 Å². The van der Waals surface area contributed by atoms with E-state index < -0.39 is 0 Å². The van der Waals surface area contributed by atoms with Crippen molar-refractivity contribution in [1.82, 2.24) is 0 Å². The zero-order valence-corrected chi connectivity index (χ0v) is 2.21. The molecule has 5 heavy (non-hydrogen) atoms. The zero-order valence-electron chi connectivity index (χ0n) is 2.21. The lowest BCUT2D eigenvalue weighted by Gasteiger charge is -1.36. The molecule has 32 valence electrons.